The number of allylic oxidation sites excluding steroid dienone is 2. The molecular weight excluding hydrogens is 419 g/mol. The Morgan fingerprint density at radius 1 is 1.41 bits per heavy atom. The van der Waals surface area contributed by atoms with Crippen LogP contribution in [0.1, 0.15) is 38.6 Å². The van der Waals surface area contributed by atoms with Crippen LogP contribution in [0.2, 0.25) is 0 Å². The number of carbonyl (C=O) groups excluding carboxylic acids is 2. The number of phosphoric ester groups is 1. The van der Waals surface area contributed by atoms with Gasteiger partial charge in [0.05, 0.1) is 13.2 Å². The number of phosphoric acid groups is 1. The predicted octanol–water partition coefficient (Wildman–Crippen LogP) is 2.28. The highest BCUT2D eigenvalue weighted by atomic mass is 32.2. The molecule has 12 heteroatoms. The Morgan fingerprint density at radius 3 is 2.59 bits per heavy atom. The first-order valence-corrected chi connectivity index (χ1v) is 10.9. The summed E-state index contributed by atoms with van der Waals surface area (Å²) in [5, 5.41) is -0.248. The minimum atomic E-state index is -4.65. The number of carbonyl (C=O) groups is 2. The van der Waals surface area contributed by atoms with E-state index in [0.29, 0.717) is 34.0 Å². The van der Waals surface area contributed by atoms with Crippen molar-refractivity contribution in [3.63, 3.8) is 0 Å². The van der Waals surface area contributed by atoms with Crippen LogP contribution < -0.4 is 5.73 Å². The summed E-state index contributed by atoms with van der Waals surface area (Å²) in [4.78, 5) is 51.7. The van der Waals surface area contributed by atoms with Crippen LogP contribution in [0, 0.1) is 6.92 Å². The third-order valence-corrected chi connectivity index (χ3v) is 5.65. The Labute approximate surface area is 173 Å². The van der Waals surface area contributed by atoms with Gasteiger partial charge in [-0.1, -0.05) is 6.08 Å². The molecule has 0 aliphatic rings. The lowest BCUT2D eigenvalue weighted by molar-refractivity contribution is -0.117. The number of anilines is 1. The number of aromatic nitrogens is 2. The third kappa shape index (κ3) is 8.46. The molecule has 0 aliphatic carbocycles. The molecule has 0 aromatic carbocycles. The molecule has 4 N–H and O–H groups in total. The number of hydrogen-bond acceptors (Lipinski definition) is 8. The lowest BCUT2D eigenvalue weighted by Crippen LogP contribution is -2.22. The first-order chi connectivity index (χ1) is 13.5. The minimum Gasteiger partial charge on any atom is -0.383 e. The fourth-order valence-corrected chi connectivity index (χ4v) is 3.37. The molecule has 0 aliphatic heterocycles. The summed E-state index contributed by atoms with van der Waals surface area (Å²) in [7, 11) is -4.65. The number of amides is 1. The van der Waals surface area contributed by atoms with Crippen molar-refractivity contribution in [1.29, 1.82) is 0 Å². The number of nitrogens with zero attached hydrogens (tertiary/aromatic N) is 3. The summed E-state index contributed by atoms with van der Waals surface area (Å²) in [6, 6.07) is 0. The minimum absolute atomic E-state index is 0.0224. The highest BCUT2D eigenvalue weighted by Crippen LogP contribution is 2.37. The van der Waals surface area contributed by atoms with Crippen LogP contribution in [0.25, 0.3) is 0 Å². The van der Waals surface area contributed by atoms with Crippen molar-refractivity contribution in [3.05, 3.63) is 39.8 Å². The Morgan fingerprint density at radius 2 is 2.07 bits per heavy atom. The second kappa shape index (κ2) is 11.2. The molecule has 0 saturated heterocycles. The zero-order chi connectivity index (χ0) is 22.2. The summed E-state index contributed by atoms with van der Waals surface area (Å²) in [6.45, 7) is 6.43. The van der Waals surface area contributed by atoms with Crippen molar-refractivity contribution in [3.8, 4) is 0 Å². The SMILES string of the molecule is C/C=C(\C)C(=O)S/C(CCOP(=O)(O)O)=C(/C)N(C=O)Cc1cnc(C)nc1N. The normalized spacial score (nSPS) is 13.1. The number of aryl methyl sites for hydroxylation is 1. The Bertz CT molecular complexity index is 867. The fourth-order valence-electron chi connectivity index (χ4n) is 2.09. The van der Waals surface area contributed by atoms with Gasteiger partial charge in [-0.3, -0.25) is 14.1 Å². The Kier molecular flexibility index (Phi) is 9.67. The highest BCUT2D eigenvalue weighted by Gasteiger charge is 2.19. The van der Waals surface area contributed by atoms with Crippen LogP contribution in [0.5, 0.6) is 0 Å². The second-order valence-electron chi connectivity index (χ2n) is 6.00. The zero-order valence-electron chi connectivity index (χ0n) is 16.7. The molecule has 1 aromatic heterocycles. The topological polar surface area (TPSA) is 156 Å². The smallest absolute Gasteiger partial charge is 0.383 e. The van der Waals surface area contributed by atoms with Gasteiger partial charge in [-0.2, -0.15) is 0 Å². The monoisotopic (exact) mass is 444 g/mol. The number of rotatable bonds is 10. The maximum atomic E-state index is 12.3. The average molecular weight is 444 g/mol. The Hall–Kier alpha value is -2.04. The van der Waals surface area contributed by atoms with E-state index in [0.717, 1.165) is 11.8 Å². The summed E-state index contributed by atoms with van der Waals surface area (Å²) < 4.78 is 15.4. The van der Waals surface area contributed by atoms with Crippen LogP contribution in [-0.2, 0) is 25.2 Å². The van der Waals surface area contributed by atoms with Gasteiger partial charge in [0.25, 0.3) is 0 Å². The first kappa shape index (κ1) is 25.0. The van der Waals surface area contributed by atoms with E-state index < -0.39 is 7.82 Å². The second-order valence-corrected chi connectivity index (χ2v) is 8.31. The van der Waals surface area contributed by atoms with Crippen molar-refractivity contribution in [1.82, 2.24) is 14.9 Å². The Balaban J connectivity index is 3.17. The molecule has 29 heavy (non-hydrogen) atoms. The van der Waals surface area contributed by atoms with Gasteiger partial charge in [-0.05, 0) is 45.0 Å². The fraction of sp³-hybridized carbons (Fsp3) is 0.412. The van der Waals surface area contributed by atoms with Crippen LogP contribution in [0.3, 0.4) is 0 Å². The van der Waals surface area contributed by atoms with Gasteiger partial charge in [0.2, 0.25) is 11.5 Å². The summed E-state index contributed by atoms with van der Waals surface area (Å²) >= 11 is 0.873. The average Bonchev–Trinajstić information content (AvgIpc) is 2.64. The molecule has 10 nitrogen and oxygen atoms in total. The molecule has 0 bridgehead atoms. The van der Waals surface area contributed by atoms with Gasteiger partial charge in [0.15, 0.2) is 0 Å². The first-order valence-electron chi connectivity index (χ1n) is 8.53. The number of nitrogens with two attached hydrogens (primary N) is 1. The molecule has 0 atom stereocenters. The van der Waals surface area contributed by atoms with E-state index in [-0.39, 0.29) is 30.5 Å². The molecule has 0 spiro atoms. The van der Waals surface area contributed by atoms with Gasteiger partial charge in [-0.15, -0.1) is 0 Å². The molecule has 1 rings (SSSR count). The van der Waals surface area contributed by atoms with Crippen molar-refractivity contribution >= 4 is 36.9 Å². The molecule has 0 radical (unpaired) electrons. The quantitative estimate of drug-likeness (QED) is 0.278. The van der Waals surface area contributed by atoms with Gasteiger partial charge >= 0.3 is 7.82 Å². The van der Waals surface area contributed by atoms with E-state index in [1.54, 1.807) is 33.8 Å². The largest absolute Gasteiger partial charge is 0.469 e. The standard InChI is InChI=1S/C17H25N4O6PS/c1-5-11(2)17(23)29-15(6-7-27-28(24,25)26)12(3)21(10-22)9-14-8-19-13(4)20-16(14)18/h5,8,10H,6-7,9H2,1-4H3,(H2,18,19,20)(H2,24,25,26)/b11-5+,15-12-. The number of nitrogen functional groups attached to an aromatic ring is 1. The van der Waals surface area contributed by atoms with Gasteiger partial charge in [0, 0.05) is 28.8 Å². The lowest BCUT2D eigenvalue weighted by atomic mass is 10.2. The van der Waals surface area contributed by atoms with E-state index in [2.05, 4.69) is 14.5 Å². The van der Waals surface area contributed by atoms with Crippen LogP contribution in [-0.4, -0.2) is 42.8 Å². The molecule has 1 aromatic rings. The van der Waals surface area contributed by atoms with Crippen molar-refractivity contribution < 1.29 is 28.5 Å². The molecule has 1 heterocycles. The molecule has 0 saturated carbocycles. The third-order valence-electron chi connectivity index (χ3n) is 3.88. The summed E-state index contributed by atoms with van der Waals surface area (Å²) in [5.41, 5.74) is 7.34. The van der Waals surface area contributed by atoms with E-state index in [4.69, 9.17) is 15.5 Å². The van der Waals surface area contributed by atoms with Crippen LogP contribution in [0.15, 0.2) is 28.4 Å². The van der Waals surface area contributed by atoms with Gasteiger partial charge < -0.3 is 20.4 Å². The van der Waals surface area contributed by atoms with Crippen molar-refractivity contribution in [2.45, 2.75) is 40.7 Å². The van der Waals surface area contributed by atoms with Gasteiger partial charge in [-0.25, -0.2) is 14.5 Å². The van der Waals surface area contributed by atoms with Crippen molar-refractivity contribution in [2.24, 2.45) is 0 Å². The van der Waals surface area contributed by atoms with Gasteiger partial charge in [0.1, 0.15) is 11.6 Å². The van der Waals surface area contributed by atoms with Crippen LogP contribution in [0.4, 0.5) is 5.82 Å². The van der Waals surface area contributed by atoms with Crippen LogP contribution >= 0.6 is 19.6 Å². The van der Waals surface area contributed by atoms with E-state index in [1.165, 1.54) is 11.1 Å². The van der Waals surface area contributed by atoms with E-state index >= 15 is 0 Å². The number of hydrogen-bond donors (Lipinski definition) is 3. The van der Waals surface area contributed by atoms with E-state index in [9.17, 15) is 14.2 Å². The lowest BCUT2D eigenvalue weighted by Gasteiger charge is -2.22. The van der Waals surface area contributed by atoms with E-state index in [1.807, 2.05) is 0 Å². The molecule has 160 valence electrons. The molecule has 0 fully saturated rings. The highest BCUT2D eigenvalue weighted by molar-refractivity contribution is 8.17. The zero-order valence-corrected chi connectivity index (χ0v) is 18.4. The summed E-state index contributed by atoms with van der Waals surface area (Å²) in [6.07, 6.45) is 3.76. The maximum Gasteiger partial charge on any atom is 0.469 e. The predicted molar refractivity (Wildman–Crippen MR) is 110 cm³/mol. The molecule has 1 amide bonds. The maximum absolute atomic E-state index is 12.3. The summed E-state index contributed by atoms with van der Waals surface area (Å²) in [5.74, 6) is 0.728. The number of thioether (sulfide) groups is 1. The van der Waals surface area contributed by atoms with Crippen molar-refractivity contribution in [2.75, 3.05) is 12.3 Å². The molecular formula is C17H25N4O6PS. The molecule has 0 unspecified atom stereocenters.